The van der Waals surface area contributed by atoms with Crippen molar-refractivity contribution >= 4 is 15.7 Å². The standard InChI is InChI=1S/C17H19F3N2O3S/c1-22(14-8-3-2-4-9-14)13-7-12-21-26(23,24)16-11-6-5-10-15(16)25-17(18,19)20/h2-6,8-11,21H,7,12-13H2,1H3. The number of hydrogen-bond acceptors (Lipinski definition) is 4. The molecule has 2 aromatic rings. The molecule has 1 N–H and O–H groups in total. The number of nitrogens with zero attached hydrogens (tertiary/aromatic N) is 1. The van der Waals surface area contributed by atoms with E-state index in [0.29, 0.717) is 13.0 Å². The Morgan fingerprint density at radius 2 is 1.65 bits per heavy atom. The molecule has 9 heteroatoms. The summed E-state index contributed by atoms with van der Waals surface area (Å²) in [5.41, 5.74) is 0.985. The maximum Gasteiger partial charge on any atom is 0.573 e. The number of nitrogens with one attached hydrogen (secondary N) is 1. The van der Waals surface area contributed by atoms with Crippen LogP contribution >= 0.6 is 0 Å². The molecule has 0 aliphatic rings. The third-order valence-electron chi connectivity index (χ3n) is 3.52. The summed E-state index contributed by atoms with van der Waals surface area (Å²) in [4.78, 5) is 1.41. The highest BCUT2D eigenvalue weighted by Gasteiger charge is 2.33. The zero-order chi connectivity index (χ0) is 19.2. The lowest BCUT2D eigenvalue weighted by Gasteiger charge is -2.19. The molecule has 0 saturated heterocycles. The SMILES string of the molecule is CN(CCCNS(=O)(=O)c1ccccc1OC(F)(F)F)c1ccccc1. The van der Waals surface area contributed by atoms with Crippen LogP contribution in [0.2, 0.25) is 0 Å². The molecule has 0 aliphatic carbocycles. The largest absolute Gasteiger partial charge is 0.573 e. The van der Waals surface area contributed by atoms with E-state index in [0.717, 1.165) is 17.8 Å². The van der Waals surface area contributed by atoms with Gasteiger partial charge in [0.15, 0.2) is 0 Å². The molecule has 0 saturated carbocycles. The normalized spacial score (nSPS) is 12.0. The van der Waals surface area contributed by atoms with Crippen LogP contribution in [0.4, 0.5) is 18.9 Å². The van der Waals surface area contributed by atoms with Gasteiger partial charge in [0.25, 0.3) is 0 Å². The minimum Gasteiger partial charge on any atom is -0.404 e. The zero-order valence-electron chi connectivity index (χ0n) is 14.0. The Balaban J connectivity index is 1.95. The third-order valence-corrected chi connectivity index (χ3v) is 5.02. The van der Waals surface area contributed by atoms with E-state index in [4.69, 9.17) is 0 Å². The number of ether oxygens (including phenoxy) is 1. The van der Waals surface area contributed by atoms with Crippen LogP contribution in [0.5, 0.6) is 5.75 Å². The number of sulfonamides is 1. The lowest BCUT2D eigenvalue weighted by molar-refractivity contribution is -0.275. The summed E-state index contributed by atoms with van der Waals surface area (Å²) in [6, 6.07) is 14.2. The molecule has 0 spiro atoms. The van der Waals surface area contributed by atoms with E-state index in [2.05, 4.69) is 9.46 Å². The number of rotatable bonds is 8. The number of anilines is 1. The minimum absolute atomic E-state index is 0.0832. The fourth-order valence-electron chi connectivity index (χ4n) is 2.29. The molecule has 0 aromatic heterocycles. The fraction of sp³-hybridized carbons (Fsp3) is 0.294. The van der Waals surface area contributed by atoms with Crippen LogP contribution in [0.15, 0.2) is 59.5 Å². The van der Waals surface area contributed by atoms with Gasteiger partial charge in [0.2, 0.25) is 10.0 Å². The third kappa shape index (κ3) is 5.92. The van der Waals surface area contributed by atoms with Crippen molar-refractivity contribution in [3.8, 4) is 5.75 Å². The van der Waals surface area contributed by atoms with E-state index in [1.807, 2.05) is 42.3 Å². The van der Waals surface area contributed by atoms with E-state index in [-0.39, 0.29) is 6.54 Å². The van der Waals surface area contributed by atoms with Crippen molar-refractivity contribution in [3.05, 3.63) is 54.6 Å². The summed E-state index contributed by atoms with van der Waals surface area (Å²) in [5, 5.41) is 0. The Hall–Kier alpha value is -2.26. The number of halogens is 3. The van der Waals surface area contributed by atoms with Crippen LogP contribution in [0.1, 0.15) is 6.42 Å². The number of para-hydroxylation sites is 2. The van der Waals surface area contributed by atoms with Gasteiger partial charge < -0.3 is 9.64 Å². The molecule has 2 aromatic carbocycles. The van der Waals surface area contributed by atoms with Crippen LogP contribution in [0.3, 0.4) is 0 Å². The second kappa shape index (κ2) is 8.41. The topological polar surface area (TPSA) is 58.6 Å². The van der Waals surface area contributed by atoms with Gasteiger partial charge in [-0.1, -0.05) is 30.3 Å². The number of benzene rings is 2. The zero-order valence-corrected chi connectivity index (χ0v) is 14.8. The predicted molar refractivity (Wildman–Crippen MR) is 92.6 cm³/mol. The van der Waals surface area contributed by atoms with Crippen molar-refractivity contribution in [2.45, 2.75) is 17.7 Å². The number of hydrogen-bond donors (Lipinski definition) is 1. The highest BCUT2D eigenvalue weighted by Crippen LogP contribution is 2.29. The van der Waals surface area contributed by atoms with E-state index < -0.39 is 27.0 Å². The smallest absolute Gasteiger partial charge is 0.404 e. The van der Waals surface area contributed by atoms with Crippen LogP contribution < -0.4 is 14.4 Å². The van der Waals surface area contributed by atoms with Gasteiger partial charge in [-0.15, -0.1) is 13.2 Å². The first-order valence-electron chi connectivity index (χ1n) is 7.80. The van der Waals surface area contributed by atoms with Gasteiger partial charge >= 0.3 is 6.36 Å². The molecule has 0 heterocycles. The van der Waals surface area contributed by atoms with E-state index in [1.54, 1.807) is 0 Å². The van der Waals surface area contributed by atoms with Crippen LogP contribution in [0, 0.1) is 0 Å². The fourth-order valence-corrected chi connectivity index (χ4v) is 3.49. The second-order valence-electron chi connectivity index (χ2n) is 5.50. The van der Waals surface area contributed by atoms with Crippen molar-refractivity contribution in [1.29, 1.82) is 0 Å². The Morgan fingerprint density at radius 3 is 2.31 bits per heavy atom. The van der Waals surface area contributed by atoms with E-state index in [1.165, 1.54) is 12.1 Å². The summed E-state index contributed by atoms with van der Waals surface area (Å²) < 4.78 is 67.9. The van der Waals surface area contributed by atoms with Crippen LogP contribution in [-0.2, 0) is 10.0 Å². The highest BCUT2D eigenvalue weighted by molar-refractivity contribution is 7.89. The van der Waals surface area contributed by atoms with Crippen molar-refractivity contribution in [1.82, 2.24) is 4.72 Å². The Bertz CT molecular complexity index is 812. The Labute approximate surface area is 150 Å². The minimum atomic E-state index is -4.97. The van der Waals surface area contributed by atoms with Gasteiger partial charge in [0.05, 0.1) is 0 Å². The molecule has 0 atom stereocenters. The molecule has 0 aliphatic heterocycles. The molecular formula is C17H19F3N2O3S. The van der Waals surface area contributed by atoms with Crippen LogP contribution in [-0.4, -0.2) is 34.9 Å². The monoisotopic (exact) mass is 388 g/mol. The molecule has 5 nitrogen and oxygen atoms in total. The summed E-state index contributed by atoms with van der Waals surface area (Å²) in [7, 11) is -2.25. The molecule has 0 bridgehead atoms. The Morgan fingerprint density at radius 1 is 1.04 bits per heavy atom. The average molecular weight is 388 g/mol. The molecule has 0 fully saturated rings. The molecule has 142 valence electrons. The van der Waals surface area contributed by atoms with Gasteiger partial charge in [-0.25, -0.2) is 13.1 Å². The summed E-state index contributed by atoms with van der Waals surface area (Å²) in [6.07, 6.45) is -4.49. The quantitative estimate of drug-likeness (QED) is 0.705. The van der Waals surface area contributed by atoms with Gasteiger partial charge in [-0.3, -0.25) is 0 Å². The van der Waals surface area contributed by atoms with E-state index >= 15 is 0 Å². The summed E-state index contributed by atoms with van der Waals surface area (Å²) >= 11 is 0. The molecule has 0 amide bonds. The van der Waals surface area contributed by atoms with Crippen molar-refractivity contribution in [3.63, 3.8) is 0 Å². The maximum absolute atomic E-state index is 12.4. The summed E-state index contributed by atoms with van der Waals surface area (Å²) in [6.45, 7) is 0.660. The maximum atomic E-state index is 12.4. The molecule has 2 rings (SSSR count). The van der Waals surface area contributed by atoms with E-state index in [9.17, 15) is 21.6 Å². The predicted octanol–water partition coefficient (Wildman–Crippen LogP) is 3.39. The molecule has 0 radical (unpaired) electrons. The first-order valence-corrected chi connectivity index (χ1v) is 9.28. The van der Waals surface area contributed by atoms with Crippen molar-refractivity contribution < 1.29 is 26.3 Å². The van der Waals surface area contributed by atoms with Gasteiger partial charge in [-0.2, -0.15) is 0 Å². The van der Waals surface area contributed by atoms with Crippen molar-refractivity contribution in [2.75, 3.05) is 25.0 Å². The number of alkyl halides is 3. The Kier molecular flexibility index (Phi) is 6.49. The molecule has 0 unspecified atom stereocenters. The summed E-state index contributed by atoms with van der Waals surface area (Å²) in [5.74, 6) is -0.756. The van der Waals surface area contributed by atoms with Crippen LogP contribution in [0.25, 0.3) is 0 Å². The lowest BCUT2D eigenvalue weighted by Crippen LogP contribution is -2.29. The van der Waals surface area contributed by atoms with Gasteiger partial charge in [0, 0.05) is 25.8 Å². The van der Waals surface area contributed by atoms with Crippen molar-refractivity contribution in [2.24, 2.45) is 0 Å². The molecule has 26 heavy (non-hydrogen) atoms. The first-order chi connectivity index (χ1) is 12.2. The van der Waals surface area contributed by atoms with Gasteiger partial charge in [-0.05, 0) is 30.7 Å². The lowest BCUT2D eigenvalue weighted by atomic mass is 10.3. The average Bonchev–Trinajstić information content (AvgIpc) is 2.58. The molecular weight excluding hydrogens is 369 g/mol. The highest BCUT2D eigenvalue weighted by atomic mass is 32.2. The second-order valence-corrected chi connectivity index (χ2v) is 7.24. The first kappa shape index (κ1) is 20.1. The van der Waals surface area contributed by atoms with Gasteiger partial charge in [0.1, 0.15) is 10.6 Å².